The Morgan fingerprint density at radius 2 is 1.84 bits per heavy atom. The van der Waals surface area contributed by atoms with Crippen molar-refractivity contribution in [3.8, 4) is 11.5 Å². The Balaban J connectivity index is 1.86. The molecular formula is C26H34ClNO4. The third-order valence-electron chi connectivity index (χ3n) is 6.20. The van der Waals surface area contributed by atoms with E-state index in [1.807, 2.05) is 39.8 Å². The molecule has 32 heavy (non-hydrogen) atoms. The van der Waals surface area contributed by atoms with Crippen LogP contribution in [-0.2, 0) is 4.79 Å². The van der Waals surface area contributed by atoms with Crippen LogP contribution in [0.15, 0.2) is 36.4 Å². The lowest BCUT2D eigenvalue weighted by atomic mass is 9.74. The molecule has 2 aromatic rings. The third-order valence-corrected chi connectivity index (χ3v) is 6.43. The molecule has 0 saturated carbocycles. The van der Waals surface area contributed by atoms with Crippen molar-refractivity contribution in [2.45, 2.75) is 53.9 Å². The summed E-state index contributed by atoms with van der Waals surface area (Å²) in [5, 5.41) is 13.2. The third kappa shape index (κ3) is 6.73. The highest BCUT2D eigenvalue weighted by molar-refractivity contribution is 6.30. The molecule has 0 heterocycles. The van der Waals surface area contributed by atoms with E-state index in [0.29, 0.717) is 29.2 Å². The Hall–Kier alpha value is -2.53. The molecule has 2 N–H and O–H groups in total. The van der Waals surface area contributed by atoms with Gasteiger partial charge in [0.25, 0.3) is 0 Å². The number of carbonyl (C=O) groups excluding carboxylic acids is 2. The van der Waals surface area contributed by atoms with Gasteiger partial charge in [0.15, 0.2) is 5.78 Å². The molecule has 0 saturated heterocycles. The molecule has 0 aliphatic carbocycles. The Morgan fingerprint density at radius 1 is 1.12 bits per heavy atom. The van der Waals surface area contributed by atoms with Gasteiger partial charge in [-0.3, -0.25) is 9.59 Å². The summed E-state index contributed by atoms with van der Waals surface area (Å²) in [6, 6.07) is 10.3. The first-order valence-corrected chi connectivity index (χ1v) is 11.4. The first-order chi connectivity index (χ1) is 15.0. The van der Waals surface area contributed by atoms with Gasteiger partial charge in [-0.2, -0.15) is 0 Å². The molecule has 5 nitrogen and oxygen atoms in total. The van der Waals surface area contributed by atoms with Crippen molar-refractivity contribution < 1.29 is 19.4 Å². The molecule has 0 radical (unpaired) electrons. The van der Waals surface area contributed by atoms with E-state index in [9.17, 15) is 14.7 Å². The monoisotopic (exact) mass is 459 g/mol. The number of phenolic OH excluding ortho intramolecular Hbond substituents is 1. The lowest BCUT2D eigenvalue weighted by molar-refractivity contribution is -0.133. The second kappa shape index (κ2) is 11.4. The van der Waals surface area contributed by atoms with Crippen molar-refractivity contribution in [1.82, 2.24) is 5.32 Å². The largest absolute Gasteiger partial charge is 0.508 e. The van der Waals surface area contributed by atoms with Crippen LogP contribution in [-0.4, -0.2) is 29.9 Å². The van der Waals surface area contributed by atoms with Crippen LogP contribution in [0.2, 0.25) is 5.02 Å². The van der Waals surface area contributed by atoms with Crippen molar-refractivity contribution in [2.75, 3.05) is 13.2 Å². The minimum absolute atomic E-state index is 0.0545. The summed E-state index contributed by atoms with van der Waals surface area (Å²) in [5.74, 6) is 0.935. The van der Waals surface area contributed by atoms with Crippen LogP contribution in [0.1, 0.15) is 61.5 Å². The Kier molecular flexibility index (Phi) is 9.14. The number of ketones is 1. The lowest BCUT2D eigenvalue weighted by Crippen LogP contribution is -2.43. The molecule has 0 fully saturated rings. The maximum atomic E-state index is 13.0. The molecule has 1 amide bonds. The molecule has 0 aromatic heterocycles. The number of aryl methyl sites for hydroxylation is 2. The van der Waals surface area contributed by atoms with Crippen molar-refractivity contribution in [2.24, 2.45) is 11.3 Å². The van der Waals surface area contributed by atoms with E-state index in [4.69, 9.17) is 16.3 Å². The zero-order valence-corrected chi connectivity index (χ0v) is 20.4. The normalized spacial score (nSPS) is 13.0. The van der Waals surface area contributed by atoms with Crippen LogP contribution in [0, 0.1) is 25.2 Å². The molecule has 0 spiro atoms. The van der Waals surface area contributed by atoms with Crippen molar-refractivity contribution in [3.05, 3.63) is 58.1 Å². The minimum Gasteiger partial charge on any atom is -0.508 e. The summed E-state index contributed by atoms with van der Waals surface area (Å²) in [5.41, 5.74) is 1.65. The number of hydrogen-bond donors (Lipinski definition) is 2. The summed E-state index contributed by atoms with van der Waals surface area (Å²) >= 11 is 6.04. The standard InChI is InChI=1S/C26H34ClNO4/c1-17(2)26(5,12-6-14-32-24-16-21(27)9-7-18(24)3)25(31)28-13-11-23(30)20-8-10-22(29)19(4)15-20/h7-10,15-17,29H,6,11-14H2,1-5H3,(H,28,31). The fraction of sp³-hybridized carbons (Fsp3) is 0.462. The smallest absolute Gasteiger partial charge is 0.226 e. The number of aromatic hydroxyl groups is 1. The number of carbonyl (C=O) groups is 2. The van der Waals surface area contributed by atoms with Gasteiger partial charge in [-0.25, -0.2) is 0 Å². The van der Waals surface area contributed by atoms with Gasteiger partial charge in [-0.15, -0.1) is 0 Å². The van der Waals surface area contributed by atoms with E-state index >= 15 is 0 Å². The van der Waals surface area contributed by atoms with E-state index in [0.717, 1.165) is 17.7 Å². The summed E-state index contributed by atoms with van der Waals surface area (Å²) < 4.78 is 5.87. The molecule has 0 aliphatic rings. The molecule has 1 atom stereocenters. The highest BCUT2D eigenvalue weighted by Gasteiger charge is 2.35. The first kappa shape index (κ1) is 25.7. The van der Waals surface area contributed by atoms with E-state index < -0.39 is 5.41 Å². The van der Waals surface area contributed by atoms with E-state index in [1.165, 1.54) is 6.07 Å². The number of amides is 1. The van der Waals surface area contributed by atoms with Crippen molar-refractivity contribution in [1.29, 1.82) is 0 Å². The molecular weight excluding hydrogens is 426 g/mol. The van der Waals surface area contributed by atoms with Gasteiger partial charge in [0.2, 0.25) is 5.91 Å². The second-order valence-electron chi connectivity index (χ2n) is 8.86. The number of ether oxygens (including phenoxy) is 1. The molecule has 0 aliphatic heterocycles. The Morgan fingerprint density at radius 3 is 2.50 bits per heavy atom. The molecule has 1 unspecified atom stereocenters. The number of benzene rings is 2. The quantitative estimate of drug-likeness (QED) is 0.325. The van der Waals surface area contributed by atoms with E-state index in [2.05, 4.69) is 5.32 Å². The molecule has 2 rings (SSSR count). The van der Waals surface area contributed by atoms with Gasteiger partial charge < -0.3 is 15.2 Å². The predicted molar refractivity (Wildman–Crippen MR) is 129 cm³/mol. The van der Waals surface area contributed by atoms with Crippen molar-refractivity contribution in [3.63, 3.8) is 0 Å². The molecule has 174 valence electrons. The average Bonchev–Trinajstić information content (AvgIpc) is 2.74. The maximum Gasteiger partial charge on any atom is 0.226 e. The first-order valence-electron chi connectivity index (χ1n) is 11.0. The van der Waals surface area contributed by atoms with Gasteiger partial charge in [0, 0.05) is 29.0 Å². The highest BCUT2D eigenvalue weighted by Crippen LogP contribution is 2.33. The number of hydrogen-bond acceptors (Lipinski definition) is 4. The fourth-order valence-electron chi connectivity index (χ4n) is 3.48. The SMILES string of the molecule is Cc1cc(C(=O)CCNC(=O)C(C)(CCCOc2cc(Cl)ccc2C)C(C)C)ccc1O. The Labute approximate surface area is 196 Å². The van der Waals surface area contributed by atoms with Crippen LogP contribution in [0.4, 0.5) is 0 Å². The zero-order chi connectivity index (χ0) is 23.9. The van der Waals surface area contributed by atoms with Crippen LogP contribution < -0.4 is 10.1 Å². The maximum absolute atomic E-state index is 13.0. The second-order valence-corrected chi connectivity index (χ2v) is 9.30. The highest BCUT2D eigenvalue weighted by atomic mass is 35.5. The average molecular weight is 460 g/mol. The summed E-state index contributed by atoms with van der Waals surface area (Å²) in [4.78, 5) is 25.4. The van der Waals surface area contributed by atoms with Gasteiger partial charge in [-0.1, -0.05) is 38.4 Å². The number of phenols is 1. The number of nitrogens with one attached hydrogen (secondary N) is 1. The van der Waals surface area contributed by atoms with Crippen LogP contribution in [0.3, 0.4) is 0 Å². The van der Waals surface area contributed by atoms with Gasteiger partial charge in [-0.05, 0) is 74.1 Å². The van der Waals surface area contributed by atoms with E-state index in [1.54, 1.807) is 25.1 Å². The van der Waals surface area contributed by atoms with Gasteiger partial charge in [0.1, 0.15) is 11.5 Å². The summed E-state index contributed by atoms with van der Waals surface area (Å²) in [6.07, 6.45) is 1.60. The minimum atomic E-state index is -0.565. The van der Waals surface area contributed by atoms with E-state index in [-0.39, 0.29) is 36.3 Å². The molecule has 0 bridgehead atoms. The van der Waals surface area contributed by atoms with Crippen LogP contribution in [0.5, 0.6) is 11.5 Å². The number of Topliss-reactive ketones (excluding diaryl/α,β-unsaturated/α-hetero) is 1. The van der Waals surface area contributed by atoms with Gasteiger partial charge in [0.05, 0.1) is 6.61 Å². The predicted octanol–water partition coefficient (Wildman–Crippen LogP) is 5.87. The van der Waals surface area contributed by atoms with Crippen LogP contribution in [0.25, 0.3) is 0 Å². The van der Waals surface area contributed by atoms with Crippen molar-refractivity contribution >= 4 is 23.3 Å². The topological polar surface area (TPSA) is 75.6 Å². The fourth-order valence-corrected chi connectivity index (χ4v) is 3.64. The Bertz CT molecular complexity index is 957. The molecule has 2 aromatic carbocycles. The van der Waals surface area contributed by atoms with Crippen LogP contribution >= 0.6 is 11.6 Å². The number of rotatable bonds is 11. The summed E-state index contributed by atoms with van der Waals surface area (Å²) in [7, 11) is 0. The van der Waals surface area contributed by atoms with Gasteiger partial charge >= 0.3 is 0 Å². The number of halogens is 1. The molecule has 6 heteroatoms. The summed E-state index contributed by atoms with van der Waals surface area (Å²) in [6.45, 7) is 10.5. The lowest BCUT2D eigenvalue weighted by Gasteiger charge is -2.32. The zero-order valence-electron chi connectivity index (χ0n) is 19.6.